The number of methoxy groups -OCH3 is 1. The molecule has 1 heterocycles. The van der Waals surface area contributed by atoms with Crippen LogP contribution in [0, 0.1) is 0 Å². The highest BCUT2D eigenvalue weighted by Crippen LogP contribution is 2.02. The summed E-state index contributed by atoms with van der Waals surface area (Å²) >= 11 is 0. The average molecular weight is 239 g/mol. The molecule has 5 nitrogen and oxygen atoms in total. The Hall–Kier alpha value is -1.36. The van der Waals surface area contributed by atoms with Crippen LogP contribution in [0.1, 0.15) is 31.9 Å². The lowest BCUT2D eigenvalue weighted by atomic mass is 10.2. The van der Waals surface area contributed by atoms with Crippen molar-refractivity contribution in [3.8, 4) is 0 Å². The number of hydrogen-bond acceptors (Lipinski definition) is 4. The summed E-state index contributed by atoms with van der Waals surface area (Å²) in [7, 11) is 1.67. The van der Waals surface area contributed by atoms with Crippen LogP contribution in [0.4, 0.5) is 5.95 Å². The van der Waals surface area contributed by atoms with Crippen molar-refractivity contribution in [2.75, 3.05) is 25.6 Å². The van der Waals surface area contributed by atoms with Gasteiger partial charge in [0.2, 0.25) is 5.95 Å². The van der Waals surface area contributed by atoms with Gasteiger partial charge in [0, 0.05) is 32.0 Å². The van der Waals surface area contributed by atoms with Gasteiger partial charge in [-0.3, -0.25) is 9.78 Å². The number of rotatable bonds is 8. The van der Waals surface area contributed by atoms with E-state index in [1.54, 1.807) is 13.2 Å². The number of H-pyrrole nitrogens is 1. The van der Waals surface area contributed by atoms with E-state index >= 15 is 0 Å². The fraction of sp³-hybridized carbons (Fsp3) is 0.667. The molecule has 1 rings (SSSR count). The van der Waals surface area contributed by atoms with E-state index < -0.39 is 0 Å². The second kappa shape index (κ2) is 7.84. The van der Waals surface area contributed by atoms with Gasteiger partial charge in [-0.05, 0) is 19.3 Å². The van der Waals surface area contributed by atoms with Crippen molar-refractivity contribution < 1.29 is 4.74 Å². The second-order valence-electron chi connectivity index (χ2n) is 3.96. The lowest BCUT2D eigenvalue weighted by Gasteiger charge is -2.06. The minimum Gasteiger partial charge on any atom is -0.385 e. The van der Waals surface area contributed by atoms with Gasteiger partial charge in [-0.15, -0.1) is 0 Å². The number of ether oxygens (including phenoxy) is 1. The smallest absolute Gasteiger partial charge is 0.252 e. The molecule has 0 aliphatic heterocycles. The highest BCUT2D eigenvalue weighted by molar-refractivity contribution is 5.24. The van der Waals surface area contributed by atoms with Gasteiger partial charge in [0.1, 0.15) is 0 Å². The summed E-state index contributed by atoms with van der Waals surface area (Å²) in [5.74, 6) is 0.555. The molecule has 0 aliphatic carbocycles. The Morgan fingerprint density at radius 1 is 1.47 bits per heavy atom. The van der Waals surface area contributed by atoms with Gasteiger partial charge < -0.3 is 10.1 Å². The van der Waals surface area contributed by atoms with Crippen molar-refractivity contribution >= 4 is 5.95 Å². The van der Waals surface area contributed by atoms with Gasteiger partial charge in [0.15, 0.2) is 0 Å². The zero-order valence-corrected chi connectivity index (χ0v) is 10.6. The molecular formula is C12H21N3O2. The molecular weight excluding hydrogens is 218 g/mol. The van der Waals surface area contributed by atoms with Crippen molar-refractivity contribution in [2.45, 2.75) is 32.6 Å². The van der Waals surface area contributed by atoms with Gasteiger partial charge in [-0.2, -0.15) is 0 Å². The van der Waals surface area contributed by atoms with E-state index in [0.717, 1.165) is 37.9 Å². The standard InChI is InChI=1S/C12H21N3O2/c1-3-4-6-10-9-11(16)15-12(14-10)13-7-5-8-17-2/h9H,3-8H2,1-2H3,(H2,13,14,15,16). The zero-order valence-electron chi connectivity index (χ0n) is 10.6. The van der Waals surface area contributed by atoms with Gasteiger partial charge in [0.25, 0.3) is 5.56 Å². The Labute approximate surface area is 102 Å². The summed E-state index contributed by atoms with van der Waals surface area (Å²) < 4.78 is 4.95. The van der Waals surface area contributed by atoms with E-state index in [2.05, 4.69) is 22.2 Å². The molecule has 1 aromatic heterocycles. The Bertz CT molecular complexity index is 376. The molecule has 2 N–H and O–H groups in total. The third-order valence-corrected chi connectivity index (χ3v) is 2.40. The van der Waals surface area contributed by atoms with Crippen molar-refractivity contribution in [1.29, 1.82) is 0 Å². The Morgan fingerprint density at radius 2 is 2.29 bits per heavy atom. The molecule has 17 heavy (non-hydrogen) atoms. The van der Waals surface area contributed by atoms with Crippen LogP contribution < -0.4 is 10.9 Å². The van der Waals surface area contributed by atoms with E-state index in [9.17, 15) is 4.79 Å². The van der Waals surface area contributed by atoms with Gasteiger partial charge in [-0.25, -0.2) is 4.98 Å². The lowest BCUT2D eigenvalue weighted by molar-refractivity contribution is 0.197. The highest BCUT2D eigenvalue weighted by Gasteiger charge is 2.00. The fourth-order valence-electron chi connectivity index (χ4n) is 1.50. The van der Waals surface area contributed by atoms with Crippen LogP contribution in [0.15, 0.2) is 10.9 Å². The summed E-state index contributed by atoms with van der Waals surface area (Å²) in [6, 6.07) is 1.57. The predicted molar refractivity (Wildman–Crippen MR) is 68.5 cm³/mol. The molecule has 0 bridgehead atoms. The molecule has 0 saturated heterocycles. The van der Waals surface area contributed by atoms with E-state index in [1.807, 2.05) is 0 Å². The number of aromatic amines is 1. The van der Waals surface area contributed by atoms with Gasteiger partial charge >= 0.3 is 0 Å². The second-order valence-corrected chi connectivity index (χ2v) is 3.96. The number of nitrogens with one attached hydrogen (secondary N) is 2. The van der Waals surface area contributed by atoms with Crippen molar-refractivity contribution in [2.24, 2.45) is 0 Å². The predicted octanol–water partition coefficient (Wildman–Crippen LogP) is 1.56. The van der Waals surface area contributed by atoms with Crippen LogP contribution in [-0.2, 0) is 11.2 Å². The van der Waals surface area contributed by atoms with Crippen molar-refractivity contribution in [3.05, 3.63) is 22.1 Å². The topological polar surface area (TPSA) is 67.0 Å². The number of unbranched alkanes of at least 4 members (excludes halogenated alkanes) is 1. The molecule has 5 heteroatoms. The molecule has 0 unspecified atom stereocenters. The highest BCUT2D eigenvalue weighted by atomic mass is 16.5. The van der Waals surface area contributed by atoms with Crippen LogP contribution in [0.5, 0.6) is 0 Å². The van der Waals surface area contributed by atoms with Crippen LogP contribution in [0.2, 0.25) is 0 Å². The van der Waals surface area contributed by atoms with E-state index in [1.165, 1.54) is 0 Å². The molecule has 1 aromatic rings. The average Bonchev–Trinajstić information content (AvgIpc) is 2.31. The fourth-order valence-corrected chi connectivity index (χ4v) is 1.50. The molecule has 0 spiro atoms. The van der Waals surface area contributed by atoms with Gasteiger partial charge in [0.05, 0.1) is 0 Å². The molecule has 0 atom stereocenters. The molecule has 0 saturated carbocycles. The Kier molecular flexibility index (Phi) is 6.32. The molecule has 0 amide bonds. The Balaban J connectivity index is 2.53. The van der Waals surface area contributed by atoms with Crippen LogP contribution >= 0.6 is 0 Å². The number of aryl methyl sites for hydroxylation is 1. The first-order valence-corrected chi connectivity index (χ1v) is 6.09. The van der Waals surface area contributed by atoms with E-state index in [4.69, 9.17) is 4.74 Å². The minimum atomic E-state index is -0.0969. The Morgan fingerprint density at radius 3 is 3.00 bits per heavy atom. The van der Waals surface area contributed by atoms with Crippen LogP contribution in [0.3, 0.4) is 0 Å². The van der Waals surface area contributed by atoms with E-state index in [-0.39, 0.29) is 5.56 Å². The third kappa shape index (κ3) is 5.49. The molecule has 0 radical (unpaired) electrons. The maximum atomic E-state index is 11.4. The number of nitrogens with zero attached hydrogens (tertiary/aromatic N) is 1. The van der Waals surface area contributed by atoms with Gasteiger partial charge in [-0.1, -0.05) is 13.3 Å². The first-order chi connectivity index (χ1) is 8.26. The number of hydrogen-bond donors (Lipinski definition) is 2. The summed E-state index contributed by atoms with van der Waals surface area (Å²) in [4.78, 5) is 18.4. The quantitative estimate of drug-likeness (QED) is 0.676. The first-order valence-electron chi connectivity index (χ1n) is 6.09. The lowest BCUT2D eigenvalue weighted by Crippen LogP contribution is -2.15. The summed E-state index contributed by atoms with van der Waals surface area (Å²) in [6.07, 6.45) is 3.90. The molecule has 0 aliphatic rings. The molecule has 0 fully saturated rings. The molecule has 96 valence electrons. The third-order valence-electron chi connectivity index (χ3n) is 2.40. The summed E-state index contributed by atoms with van der Waals surface area (Å²) in [5.41, 5.74) is 0.755. The zero-order chi connectivity index (χ0) is 12.5. The van der Waals surface area contributed by atoms with Crippen LogP contribution in [0.25, 0.3) is 0 Å². The van der Waals surface area contributed by atoms with Crippen LogP contribution in [-0.4, -0.2) is 30.2 Å². The summed E-state index contributed by atoms with van der Waals surface area (Å²) in [6.45, 7) is 3.57. The number of anilines is 1. The molecule has 0 aromatic carbocycles. The van der Waals surface area contributed by atoms with Crippen molar-refractivity contribution in [3.63, 3.8) is 0 Å². The van der Waals surface area contributed by atoms with Crippen molar-refractivity contribution in [1.82, 2.24) is 9.97 Å². The maximum absolute atomic E-state index is 11.4. The summed E-state index contributed by atoms with van der Waals surface area (Å²) in [5, 5.41) is 3.09. The van der Waals surface area contributed by atoms with E-state index in [0.29, 0.717) is 12.6 Å². The normalized spacial score (nSPS) is 10.5. The maximum Gasteiger partial charge on any atom is 0.252 e. The SMILES string of the molecule is CCCCc1cc(=O)[nH]c(NCCCOC)n1. The first kappa shape index (κ1) is 13.7. The largest absolute Gasteiger partial charge is 0.385 e. The number of aromatic nitrogens is 2. The minimum absolute atomic E-state index is 0.0969. The monoisotopic (exact) mass is 239 g/mol.